The lowest BCUT2D eigenvalue weighted by atomic mass is 9.44. The number of carbonyl (C=O) groups is 1. The van der Waals surface area contributed by atoms with Crippen molar-refractivity contribution in [3.8, 4) is 0 Å². The van der Waals surface area contributed by atoms with Gasteiger partial charge in [-0.05, 0) is 73.3 Å². The van der Waals surface area contributed by atoms with Crippen LogP contribution in [0.4, 0.5) is 0 Å². The van der Waals surface area contributed by atoms with E-state index in [-0.39, 0.29) is 36.0 Å². The molecule has 0 aromatic carbocycles. The minimum atomic E-state index is -0.160. The summed E-state index contributed by atoms with van der Waals surface area (Å²) in [6, 6.07) is 0.466. The van der Waals surface area contributed by atoms with E-state index < -0.39 is 0 Å². The Labute approximate surface area is 230 Å². The lowest BCUT2D eigenvalue weighted by Crippen LogP contribution is -3.00. The number of hydrogen-bond donors (Lipinski definition) is 0. The van der Waals surface area contributed by atoms with Crippen LogP contribution in [0, 0.1) is 34.5 Å². The molecule has 0 amide bonds. The molecule has 0 bridgehead atoms. The van der Waals surface area contributed by atoms with E-state index in [9.17, 15) is 4.79 Å². The first-order valence-electron chi connectivity index (χ1n) is 14.4. The summed E-state index contributed by atoms with van der Waals surface area (Å²) in [7, 11) is 0. The molecule has 4 aliphatic carbocycles. The molecular formula is C31H48ClNO4. The first kappa shape index (κ1) is 28.9. The number of quaternary nitrogens is 1. The fourth-order valence-electron chi connectivity index (χ4n) is 9.55. The summed E-state index contributed by atoms with van der Waals surface area (Å²) in [5.74, 6) is 2.43. The van der Waals surface area contributed by atoms with Gasteiger partial charge < -0.3 is 31.1 Å². The Bertz CT molecular complexity index is 884. The molecular weight excluding hydrogens is 486 g/mol. The van der Waals surface area contributed by atoms with Gasteiger partial charge in [-0.15, -0.1) is 6.58 Å². The number of morpholine rings is 1. The molecule has 0 radical (unpaired) electrons. The Hall–Kier alpha value is -1.14. The van der Waals surface area contributed by atoms with Crippen LogP contribution in [0.1, 0.15) is 59.3 Å². The van der Waals surface area contributed by atoms with Crippen LogP contribution in [0.3, 0.4) is 0 Å². The standard InChI is InChI=1S/C31H48NO4.ClH/c1-6-14-32(15-18-34-19-16-32)27-21-31(5)23(20-28(27)35-17-7-2)8-9-24-25-10-11-29(36-22(3)33)30(25,4)13-12-26(24)31;/h6-7,10-11,23-29H,1-2,8-9,12-21H2,3-5H3;1H/q+1;/p-1. The number of nitrogens with zero attached hydrogens (tertiary/aromatic N) is 1. The summed E-state index contributed by atoms with van der Waals surface area (Å²) < 4.78 is 19.3. The zero-order valence-corrected chi connectivity index (χ0v) is 24.0. The molecule has 6 heteroatoms. The van der Waals surface area contributed by atoms with Crippen LogP contribution in [-0.2, 0) is 19.0 Å². The monoisotopic (exact) mass is 533 g/mol. The van der Waals surface area contributed by atoms with Crippen molar-refractivity contribution < 1.29 is 35.9 Å². The predicted octanol–water partition coefficient (Wildman–Crippen LogP) is 2.32. The summed E-state index contributed by atoms with van der Waals surface area (Å²) in [5.41, 5.74) is 0.349. The van der Waals surface area contributed by atoms with Gasteiger partial charge in [-0.2, -0.15) is 0 Å². The van der Waals surface area contributed by atoms with Crippen LogP contribution in [0.5, 0.6) is 0 Å². The van der Waals surface area contributed by atoms with Gasteiger partial charge in [0, 0.05) is 18.8 Å². The SMILES string of the molecule is C=CCOC1CC2CCC3C4C=CC(OC(C)=O)C4(C)CCC3C2(C)CC1[N+]1(CC=C)CCOCC1.[Cl-]. The van der Waals surface area contributed by atoms with Crippen molar-refractivity contribution in [3.63, 3.8) is 0 Å². The molecule has 1 saturated heterocycles. The Kier molecular flexibility index (Phi) is 8.70. The zero-order chi connectivity index (χ0) is 25.6. The number of rotatable bonds is 7. The fraction of sp³-hybridized carbons (Fsp3) is 0.774. The van der Waals surface area contributed by atoms with Gasteiger partial charge in [0.1, 0.15) is 31.3 Å². The molecule has 5 aliphatic rings. The third kappa shape index (κ3) is 4.88. The zero-order valence-electron chi connectivity index (χ0n) is 23.2. The van der Waals surface area contributed by atoms with E-state index in [1.54, 1.807) is 6.92 Å². The Morgan fingerprint density at radius 2 is 1.86 bits per heavy atom. The first-order valence-corrected chi connectivity index (χ1v) is 14.4. The van der Waals surface area contributed by atoms with Gasteiger partial charge in [-0.1, -0.05) is 32.6 Å². The van der Waals surface area contributed by atoms with Crippen molar-refractivity contribution in [2.75, 3.05) is 39.5 Å². The van der Waals surface area contributed by atoms with Crippen LogP contribution in [-0.4, -0.2) is 68.2 Å². The average molecular weight is 534 g/mol. The van der Waals surface area contributed by atoms with Gasteiger partial charge in [0.2, 0.25) is 0 Å². The van der Waals surface area contributed by atoms with Crippen LogP contribution < -0.4 is 12.4 Å². The summed E-state index contributed by atoms with van der Waals surface area (Å²) in [4.78, 5) is 11.8. The highest BCUT2D eigenvalue weighted by Crippen LogP contribution is 2.66. The lowest BCUT2D eigenvalue weighted by Gasteiger charge is -2.63. The number of esters is 1. The molecule has 9 atom stereocenters. The average Bonchev–Trinajstić information content (AvgIpc) is 3.18. The second-order valence-corrected chi connectivity index (χ2v) is 13.0. The molecule has 1 aliphatic heterocycles. The summed E-state index contributed by atoms with van der Waals surface area (Å²) in [6.45, 7) is 20.0. The third-order valence-electron chi connectivity index (χ3n) is 11.4. The van der Waals surface area contributed by atoms with Gasteiger partial charge >= 0.3 is 5.97 Å². The summed E-state index contributed by atoms with van der Waals surface area (Å²) >= 11 is 0. The maximum Gasteiger partial charge on any atom is 0.303 e. The molecule has 0 aromatic heterocycles. The number of hydrogen-bond acceptors (Lipinski definition) is 4. The highest BCUT2D eigenvalue weighted by atomic mass is 35.5. The predicted molar refractivity (Wildman–Crippen MR) is 142 cm³/mol. The van der Waals surface area contributed by atoms with Gasteiger partial charge in [0.05, 0.1) is 26.4 Å². The van der Waals surface area contributed by atoms with Crippen LogP contribution in [0.25, 0.3) is 0 Å². The van der Waals surface area contributed by atoms with Crippen molar-refractivity contribution in [3.05, 3.63) is 37.5 Å². The topological polar surface area (TPSA) is 44.8 Å². The van der Waals surface area contributed by atoms with E-state index >= 15 is 0 Å². The van der Waals surface area contributed by atoms with Crippen molar-refractivity contribution in [2.45, 2.75) is 77.5 Å². The van der Waals surface area contributed by atoms with E-state index in [0.717, 1.165) is 50.2 Å². The van der Waals surface area contributed by atoms with Crippen molar-refractivity contribution >= 4 is 5.97 Å². The molecule has 1 heterocycles. The van der Waals surface area contributed by atoms with Crippen LogP contribution in [0.2, 0.25) is 0 Å². The van der Waals surface area contributed by atoms with E-state index in [0.29, 0.717) is 41.7 Å². The second kappa shape index (κ2) is 11.2. The quantitative estimate of drug-likeness (QED) is 0.286. The number of halogens is 1. The normalized spacial score (nSPS) is 43.9. The van der Waals surface area contributed by atoms with Gasteiger partial charge in [-0.3, -0.25) is 4.79 Å². The Morgan fingerprint density at radius 3 is 2.54 bits per heavy atom. The molecule has 208 valence electrons. The smallest absolute Gasteiger partial charge is 0.303 e. The van der Waals surface area contributed by atoms with Crippen molar-refractivity contribution in [1.29, 1.82) is 0 Å². The molecule has 5 nitrogen and oxygen atoms in total. The molecule has 5 rings (SSSR count). The fourth-order valence-corrected chi connectivity index (χ4v) is 9.55. The number of allylic oxidation sites excluding steroid dienone is 1. The molecule has 37 heavy (non-hydrogen) atoms. The van der Waals surface area contributed by atoms with Crippen molar-refractivity contribution in [1.82, 2.24) is 0 Å². The molecule has 3 saturated carbocycles. The van der Waals surface area contributed by atoms with Crippen LogP contribution >= 0.6 is 0 Å². The Morgan fingerprint density at radius 1 is 1.11 bits per heavy atom. The molecule has 0 aromatic rings. The third-order valence-corrected chi connectivity index (χ3v) is 11.4. The highest BCUT2D eigenvalue weighted by molar-refractivity contribution is 5.66. The summed E-state index contributed by atoms with van der Waals surface area (Å²) in [6.07, 6.45) is 16.1. The minimum absolute atomic E-state index is 0. The number of ether oxygens (including phenoxy) is 3. The largest absolute Gasteiger partial charge is 1.00 e. The molecule has 4 fully saturated rings. The van der Waals surface area contributed by atoms with Crippen molar-refractivity contribution in [2.24, 2.45) is 34.5 Å². The van der Waals surface area contributed by atoms with E-state index in [1.165, 1.54) is 25.7 Å². The van der Waals surface area contributed by atoms with E-state index in [2.05, 4.69) is 45.2 Å². The first-order chi connectivity index (χ1) is 17.3. The second-order valence-electron chi connectivity index (χ2n) is 13.0. The number of fused-ring (bicyclic) bond motifs is 5. The maximum absolute atomic E-state index is 11.8. The molecule has 0 N–H and O–H groups in total. The van der Waals surface area contributed by atoms with E-state index in [1.807, 2.05) is 6.08 Å². The molecule has 0 spiro atoms. The highest BCUT2D eigenvalue weighted by Gasteiger charge is 2.63. The molecule has 9 unspecified atom stereocenters. The minimum Gasteiger partial charge on any atom is -1.00 e. The number of carbonyl (C=O) groups excluding carboxylic acids is 1. The van der Waals surface area contributed by atoms with E-state index in [4.69, 9.17) is 14.2 Å². The van der Waals surface area contributed by atoms with Gasteiger partial charge in [0.15, 0.2) is 0 Å². The van der Waals surface area contributed by atoms with Gasteiger partial charge in [-0.25, -0.2) is 0 Å². The summed E-state index contributed by atoms with van der Waals surface area (Å²) in [5, 5.41) is 0. The van der Waals surface area contributed by atoms with Gasteiger partial charge in [0.25, 0.3) is 0 Å². The maximum atomic E-state index is 11.8. The lowest BCUT2D eigenvalue weighted by molar-refractivity contribution is -0.958. The Balaban J connectivity index is 0.00000320. The van der Waals surface area contributed by atoms with Crippen LogP contribution in [0.15, 0.2) is 37.5 Å².